The van der Waals surface area contributed by atoms with Crippen molar-refractivity contribution in [3.05, 3.63) is 35.9 Å². The van der Waals surface area contributed by atoms with Crippen molar-refractivity contribution in [3.63, 3.8) is 0 Å². The normalized spacial score (nSPS) is 11.3. The minimum Gasteiger partial charge on any atom is -0.342 e. The molecular weight excluding hydrogens is 226 g/mol. The van der Waals surface area contributed by atoms with Crippen LogP contribution < -0.4 is 5.73 Å². The molecule has 2 heterocycles. The Labute approximate surface area is 105 Å². The SMILES string of the molecule is Cc1nc2ccc(-c3cn(C)nc3CN)cc2[nH]1. The van der Waals surface area contributed by atoms with Crippen molar-refractivity contribution in [3.8, 4) is 11.1 Å². The standard InChI is InChI=1S/C13H15N5/c1-8-15-11-4-3-9(5-12(11)16-8)10-7-18(2)17-13(10)6-14/h3-5,7H,6,14H2,1-2H3,(H,15,16). The van der Waals surface area contributed by atoms with Gasteiger partial charge in [0.1, 0.15) is 5.82 Å². The van der Waals surface area contributed by atoms with E-state index in [1.165, 1.54) is 0 Å². The largest absolute Gasteiger partial charge is 0.342 e. The predicted octanol–water partition coefficient (Wildman–Crippen LogP) is 1.73. The van der Waals surface area contributed by atoms with Crippen molar-refractivity contribution >= 4 is 11.0 Å². The summed E-state index contributed by atoms with van der Waals surface area (Å²) in [7, 11) is 1.90. The minimum absolute atomic E-state index is 0.441. The summed E-state index contributed by atoms with van der Waals surface area (Å²) in [5.41, 5.74) is 10.8. The number of nitrogens with two attached hydrogens (primary N) is 1. The van der Waals surface area contributed by atoms with Gasteiger partial charge in [-0.15, -0.1) is 0 Å². The summed E-state index contributed by atoms with van der Waals surface area (Å²) >= 11 is 0. The van der Waals surface area contributed by atoms with Crippen LogP contribution in [0.25, 0.3) is 22.2 Å². The molecule has 3 aromatic rings. The second-order valence-electron chi connectivity index (χ2n) is 4.42. The Morgan fingerprint density at radius 3 is 3.00 bits per heavy atom. The molecule has 0 aliphatic carbocycles. The first-order chi connectivity index (χ1) is 8.67. The van der Waals surface area contributed by atoms with Crippen LogP contribution in [0.5, 0.6) is 0 Å². The third-order valence-electron chi connectivity index (χ3n) is 3.01. The van der Waals surface area contributed by atoms with Gasteiger partial charge < -0.3 is 10.7 Å². The topological polar surface area (TPSA) is 72.5 Å². The molecule has 0 bridgehead atoms. The number of imidazole rings is 1. The number of hydrogen-bond acceptors (Lipinski definition) is 3. The molecular formula is C13H15N5. The number of rotatable bonds is 2. The van der Waals surface area contributed by atoms with E-state index >= 15 is 0 Å². The van der Waals surface area contributed by atoms with Crippen LogP contribution in [0.4, 0.5) is 0 Å². The molecule has 0 unspecified atom stereocenters. The lowest BCUT2D eigenvalue weighted by Gasteiger charge is -2.00. The van der Waals surface area contributed by atoms with Crippen molar-refractivity contribution < 1.29 is 0 Å². The maximum absolute atomic E-state index is 5.72. The molecule has 18 heavy (non-hydrogen) atoms. The van der Waals surface area contributed by atoms with E-state index in [1.807, 2.05) is 26.2 Å². The lowest BCUT2D eigenvalue weighted by Crippen LogP contribution is -1.99. The summed E-state index contributed by atoms with van der Waals surface area (Å²) in [6, 6.07) is 6.16. The van der Waals surface area contributed by atoms with Gasteiger partial charge in [0.15, 0.2) is 0 Å². The molecule has 3 N–H and O–H groups in total. The van der Waals surface area contributed by atoms with Crippen molar-refractivity contribution in [2.24, 2.45) is 12.8 Å². The van der Waals surface area contributed by atoms with E-state index in [-0.39, 0.29) is 0 Å². The van der Waals surface area contributed by atoms with Crippen molar-refractivity contribution in [1.29, 1.82) is 0 Å². The number of fused-ring (bicyclic) bond motifs is 1. The fourth-order valence-electron chi connectivity index (χ4n) is 2.23. The Bertz CT molecular complexity index is 707. The molecule has 0 amide bonds. The second kappa shape index (κ2) is 3.96. The summed E-state index contributed by atoms with van der Waals surface area (Å²) in [5, 5.41) is 4.36. The third kappa shape index (κ3) is 1.69. The van der Waals surface area contributed by atoms with Gasteiger partial charge in [-0.3, -0.25) is 4.68 Å². The maximum Gasteiger partial charge on any atom is 0.104 e. The van der Waals surface area contributed by atoms with E-state index in [1.54, 1.807) is 4.68 Å². The number of aryl methyl sites for hydroxylation is 2. The number of nitrogens with one attached hydrogen (secondary N) is 1. The molecule has 5 nitrogen and oxygen atoms in total. The monoisotopic (exact) mass is 241 g/mol. The highest BCUT2D eigenvalue weighted by Gasteiger charge is 2.10. The zero-order valence-corrected chi connectivity index (χ0v) is 10.4. The summed E-state index contributed by atoms with van der Waals surface area (Å²) in [6.45, 7) is 2.39. The van der Waals surface area contributed by atoms with Crippen molar-refractivity contribution in [1.82, 2.24) is 19.7 Å². The van der Waals surface area contributed by atoms with Gasteiger partial charge in [0.05, 0.1) is 16.7 Å². The molecule has 2 aromatic heterocycles. The molecule has 0 atom stereocenters. The number of aromatic nitrogens is 4. The fraction of sp³-hybridized carbons (Fsp3) is 0.231. The molecule has 0 radical (unpaired) electrons. The first-order valence-electron chi connectivity index (χ1n) is 5.86. The second-order valence-corrected chi connectivity index (χ2v) is 4.42. The average Bonchev–Trinajstić information content (AvgIpc) is 2.89. The lowest BCUT2D eigenvalue weighted by atomic mass is 10.1. The zero-order chi connectivity index (χ0) is 12.7. The number of hydrogen-bond donors (Lipinski definition) is 2. The van der Waals surface area contributed by atoms with Gasteiger partial charge in [0.2, 0.25) is 0 Å². The third-order valence-corrected chi connectivity index (χ3v) is 3.01. The number of benzene rings is 1. The van der Waals surface area contributed by atoms with Gasteiger partial charge in [-0.1, -0.05) is 6.07 Å². The molecule has 0 saturated carbocycles. The van der Waals surface area contributed by atoms with E-state index in [4.69, 9.17) is 5.73 Å². The van der Waals surface area contributed by atoms with E-state index in [2.05, 4.69) is 27.2 Å². The van der Waals surface area contributed by atoms with E-state index in [0.717, 1.165) is 33.7 Å². The molecule has 1 aromatic carbocycles. The van der Waals surface area contributed by atoms with Gasteiger partial charge in [-0.05, 0) is 24.6 Å². The molecule has 0 spiro atoms. The quantitative estimate of drug-likeness (QED) is 0.717. The molecule has 0 aliphatic heterocycles. The van der Waals surface area contributed by atoms with Crippen LogP contribution in [0.1, 0.15) is 11.5 Å². The van der Waals surface area contributed by atoms with Crippen LogP contribution in [0.2, 0.25) is 0 Å². The molecule has 3 rings (SSSR count). The highest BCUT2D eigenvalue weighted by molar-refractivity contribution is 5.82. The summed E-state index contributed by atoms with van der Waals surface area (Å²) in [4.78, 5) is 7.64. The molecule has 0 saturated heterocycles. The van der Waals surface area contributed by atoms with Crippen LogP contribution in [0.15, 0.2) is 24.4 Å². The summed E-state index contributed by atoms with van der Waals surface area (Å²) < 4.78 is 1.79. The van der Waals surface area contributed by atoms with E-state index < -0.39 is 0 Å². The number of nitrogens with zero attached hydrogens (tertiary/aromatic N) is 3. The smallest absolute Gasteiger partial charge is 0.104 e. The van der Waals surface area contributed by atoms with Crippen LogP contribution in [-0.2, 0) is 13.6 Å². The van der Waals surface area contributed by atoms with Crippen molar-refractivity contribution in [2.45, 2.75) is 13.5 Å². The van der Waals surface area contributed by atoms with E-state index in [9.17, 15) is 0 Å². The van der Waals surface area contributed by atoms with Gasteiger partial charge >= 0.3 is 0 Å². The van der Waals surface area contributed by atoms with Crippen LogP contribution >= 0.6 is 0 Å². The highest BCUT2D eigenvalue weighted by Crippen LogP contribution is 2.25. The summed E-state index contributed by atoms with van der Waals surface area (Å²) in [5.74, 6) is 0.924. The Balaban J connectivity index is 2.18. The van der Waals surface area contributed by atoms with Crippen LogP contribution in [0.3, 0.4) is 0 Å². The van der Waals surface area contributed by atoms with Crippen molar-refractivity contribution in [2.75, 3.05) is 0 Å². The maximum atomic E-state index is 5.72. The van der Waals surface area contributed by atoms with Gasteiger partial charge in [-0.25, -0.2) is 4.98 Å². The first kappa shape index (κ1) is 11.0. The minimum atomic E-state index is 0.441. The Morgan fingerprint density at radius 2 is 2.22 bits per heavy atom. The molecule has 0 aliphatic rings. The van der Waals surface area contributed by atoms with E-state index in [0.29, 0.717) is 6.54 Å². The van der Waals surface area contributed by atoms with Gasteiger partial charge in [0, 0.05) is 25.4 Å². The summed E-state index contributed by atoms with van der Waals surface area (Å²) in [6.07, 6.45) is 1.99. The van der Waals surface area contributed by atoms with Gasteiger partial charge in [0.25, 0.3) is 0 Å². The number of aromatic amines is 1. The van der Waals surface area contributed by atoms with Crippen LogP contribution in [-0.4, -0.2) is 19.7 Å². The highest BCUT2D eigenvalue weighted by atomic mass is 15.3. The lowest BCUT2D eigenvalue weighted by molar-refractivity contribution is 0.742. The Hall–Kier alpha value is -2.14. The predicted molar refractivity (Wildman–Crippen MR) is 70.9 cm³/mol. The molecule has 92 valence electrons. The Morgan fingerprint density at radius 1 is 1.39 bits per heavy atom. The fourth-order valence-corrected chi connectivity index (χ4v) is 2.23. The molecule has 5 heteroatoms. The first-order valence-corrected chi connectivity index (χ1v) is 5.86. The molecule has 0 fully saturated rings. The number of H-pyrrole nitrogens is 1. The average molecular weight is 241 g/mol. The van der Waals surface area contributed by atoms with Gasteiger partial charge in [-0.2, -0.15) is 5.10 Å². The van der Waals surface area contributed by atoms with Crippen LogP contribution in [0, 0.1) is 6.92 Å². The zero-order valence-electron chi connectivity index (χ0n) is 10.4. The Kier molecular flexibility index (Phi) is 2.41.